The van der Waals surface area contributed by atoms with E-state index in [0.29, 0.717) is 12.2 Å². The second-order valence-electron chi connectivity index (χ2n) is 8.55. The normalized spacial score (nSPS) is 12.4. The van der Waals surface area contributed by atoms with Gasteiger partial charge in [-0.05, 0) is 60.7 Å². The van der Waals surface area contributed by atoms with Crippen molar-refractivity contribution in [2.45, 2.75) is 59.2 Å². The van der Waals surface area contributed by atoms with Crippen molar-refractivity contribution in [1.82, 2.24) is 15.1 Å². The molecule has 1 N–H and O–H groups in total. The van der Waals surface area contributed by atoms with Gasteiger partial charge in [-0.2, -0.15) is 5.10 Å². The van der Waals surface area contributed by atoms with E-state index in [1.807, 2.05) is 67.2 Å². The average Bonchev–Trinajstić information content (AvgIpc) is 3.21. The SMILES string of the molecule is CCn1ccc(C(C)NC(=O)c2cccc(COc3ccc(C(C)(C)C)cc3)c2)n1. The molecule has 1 atom stereocenters. The van der Waals surface area contributed by atoms with Crippen molar-refractivity contribution in [2.75, 3.05) is 0 Å². The third-order valence-corrected chi connectivity index (χ3v) is 5.09. The van der Waals surface area contributed by atoms with Crippen LogP contribution in [-0.4, -0.2) is 15.7 Å². The van der Waals surface area contributed by atoms with Crippen molar-refractivity contribution in [3.05, 3.63) is 83.2 Å². The lowest BCUT2D eigenvalue weighted by atomic mass is 9.87. The Hall–Kier alpha value is -3.08. The van der Waals surface area contributed by atoms with Gasteiger partial charge in [-0.25, -0.2) is 0 Å². The summed E-state index contributed by atoms with van der Waals surface area (Å²) in [6.45, 7) is 11.8. The van der Waals surface area contributed by atoms with Crippen LogP contribution < -0.4 is 10.1 Å². The third-order valence-electron chi connectivity index (χ3n) is 5.09. The molecule has 0 spiro atoms. The topological polar surface area (TPSA) is 56.2 Å². The number of amides is 1. The highest BCUT2D eigenvalue weighted by Crippen LogP contribution is 2.24. The van der Waals surface area contributed by atoms with Gasteiger partial charge in [0.05, 0.1) is 11.7 Å². The molecule has 0 radical (unpaired) electrons. The molecule has 3 aromatic rings. The minimum Gasteiger partial charge on any atom is -0.489 e. The van der Waals surface area contributed by atoms with Gasteiger partial charge in [-0.3, -0.25) is 9.48 Å². The zero-order valence-corrected chi connectivity index (χ0v) is 18.5. The molecule has 1 heterocycles. The number of hydrogen-bond acceptors (Lipinski definition) is 3. The fourth-order valence-electron chi connectivity index (χ4n) is 3.16. The maximum absolute atomic E-state index is 12.7. The maximum atomic E-state index is 12.7. The lowest BCUT2D eigenvalue weighted by Crippen LogP contribution is -2.27. The van der Waals surface area contributed by atoms with E-state index in [9.17, 15) is 4.79 Å². The van der Waals surface area contributed by atoms with Gasteiger partial charge in [0.25, 0.3) is 5.91 Å². The lowest BCUT2D eigenvalue weighted by Gasteiger charge is -2.19. The summed E-state index contributed by atoms with van der Waals surface area (Å²) in [6, 6.07) is 17.5. The molecule has 158 valence electrons. The number of aryl methyl sites for hydroxylation is 1. The molecule has 0 aliphatic heterocycles. The predicted octanol–water partition coefficient (Wildman–Crippen LogP) is 5.27. The van der Waals surface area contributed by atoms with E-state index in [2.05, 4.69) is 43.3 Å². The van der Waals surface area contributed by atoms with Gasteiger partial charge >= 0.3 is 0 Å². The Morgan fingerprint density at radius 1 is 1.13 bits per heavy atom. The number of ether oxygens (including phenoxy) is 1. The highest BCUT2D eigenvalue weighted by molar-refractivity contribution is 5.94. The van der Waals surface area contributed by atoms with E-state index >= 15 is 0 Å². The van der Waals surface area contributed by atoms with Crippen LogP contribution in [0.5, 0.6) is 5.75 Å². The summed E-state index contributed by atoms with van der Waals surface area (Å²) >= 11 is 0. The highest BCUT2D eigenvalue weighted by Gasteiger charge is 2.15. The van der Waals surface area contributed by atoms with Gasteiger partial charge in [0, 0.05) is 18.3 Å². The zero-order valence-electron chi connectivity index (χ0n) is 18.5. The number of nitrogens with zero attached hydrogens (tertiary/aromatic N) is 2. The van der Waals surface area contributed by atoms with E-state index in [1.165, 1.54) is 5.56 Å². The lowest BCUT2D eigenvalue weighted by molar-refractivity contribution is 0.0939. The number of benzene rings is 2. The van der Waals surface area contributed by atoms with Crippen LogP contribution in [0.15, 0.2) is 60.8 Å². The molecule has 0 fully saturated rings. The molecule has 1 unspecified atom stereocenters. The number of rotatable bonds is 7. The molecule has 30 heavy (non-hydrogen) atoms. The van der Waals surface area contributed by atoms with E-state index in [-0.39, 0.29) is 17.4 Å². The fourth-order valence-corrected chi connectivity index (χ4v) is 3.16. The van der Waals surface area contributed by atoms with Gasteiger partial charge in [0.1, 0.15) is 12.4 Å². The van der Waals surface area contributed by atoms with E-state index in [1.54, 1.807) is 0 Å². The van der Waals surface area contributed by atoms with Crippen molar-refractivity contribution in [2.24, 2.45) is 0 Å². The summed E-state index contributed by atoms with van der Waals surface area (Å²) in [6.07, 6.45) is 1.92. The zero-order chi connectivity index (χ0) is 21.7. The summed E-state index contributed by atoms with van der Waals surface area (Å²) < 4.78 is 7.77. The number of carbonyl (C=O) groups excluding carboxylic acids is 1. The summed E-state index contributed by atoms with van der Waals surface area (Å²) in [5.41, 5.74) is 3.80. The molecule has 1 amide bonds. The standard InChI is InChI=1S/C25H31N3O2/c1-6-28-15-14-23(27-28)18(2)26-24(29)20-9-7-8-19(16-20)17-30-22-12-10-21(11-13-22)25(3,4)5/h7-16,18H,6,17H2,1-5H3,(H,26,29). The van der Waals surface area contributed by atoms with Crippen LogP contribution in [0.2, 0.25) is 0 Å². The molecule has 5 heteroatoms. The van der Waals surface area contributed by atoms with Crippen LogP contribution in [0.1, 0.15) is 67.8 Å². The highest BCUT2D eigenvalue weighted by atomic mass is 16.5. The Morgan fingerprint density at radius 3 is 2.50 bits per heavy atom. The molecule has 3 rings (SSSR count). The number of hydrogen-bond donors (Lipinski definition) is 1. The molecule has 0 aliphatic rings. The average molecular weight is 406 g/mol. The smallest absolute Gasteiger partial charge is 0.251 e. The van der Waals surface area contributed by atoms with Crippen molar-refractivity contribution >= 4 is 5.91 Å². The van der Waals surface area contributed by atoms with Crippen molar-refractivity contribution in [3.8, 4) is 5.75 Å². The predicted molar refractivity (Wildman–Crippen MR) is 120 cm³/mol. The molecule has 5 nitrogen and oxygen atoms in total. The van der Waals surface area contributed by atoms with Crippen molar-refractivity contribution in [3.63, 3.8) is 0 Å². The van der Waals surface area contributed by atoms with Crippen LogP contribution in [0.4, 0.5) is 0 Å². The Morgan fingerprint density at radius 2 is 1.87 bits per heavy atom. The summed E-state index contributed by atoms with van der Waals surface area (Å²) in [7, 11) is 0. The Bertz CT molecular complexity index is 984. The summed E-state index contributed by atoms with van der Waals surface area (Å²) in [5.74, 6) is 0.697. The monoisotopic (exact) mass is 405 g/mol. The molecule has 0 bridgehead atoms. The van der Waals surface area contributed by atoms with Gasteiger partial charge in [0.2, 0.25) is 0 Å². The molecular weight excluding hydrogens is 374 g/mol. The second-order valence-corrected chi connectivity index (χ2v) is 8.55. The van der Waals surface area contributed by atoms with Crippen LogP contribution in [0.25, 0.3) is 0 Å². The van der Waals surface area contributed by atoms with Crippen LogP contribution in [0, 0.1) is 0 Å². The van der Waals surface area contributed by atoms with Crippen LogP contribution in [-0.2, 0) is 18.6 Å². The molecule has 2 aromatic carbocycles. The maximum Gasteiger partial charge on any atom is 0.251 e. The summed E-state index contributed by atoms with van der Waals surface area (Å²) in [4.78, 5) is 12.7. The molecule has 0 saturated heterocycles. The minimum absolute atomic E-state index is 0.117. The van der Waals surface area contributed by atoms with Crippen LogP contribution in [0.3, 0.4) is 0 Å². The Labute approximate surface area is 179 Å². The third kappa shape index (κ3) is 5.50. The number of carbonyl (C=O) groups is 1. The summed E-state index contributed by atoms with van der Waals surface area (Å²) in [5, 5.41) is 7.47. The van der Waals surface area contributed by atoms with Crippen molar-refractivity contribution < 1.29 is 9.53 Å². The minimum atomic E-state index is -0.161. The first kappa shape index (κ1) is 21.6. The van der Waals surface area contributed by atoms with E-state index < -0.39 is 0 Å². The van der Waals surface area contributed by atoms with Gasteiger partial charge in [-0.15, -0.1) is 0 Å². The number of nitrogens with one attached hydrogen (secondary N) is 1. The van der Waals surface area contributed by atoms with E-state index in [4.69, 9.17) is 4.74 Å². The molecule has 0 saturated carbocycles. The van der Waals surface area contributed by atoms with Crippen molar-refractivity contribution in [1.29, 1.82) is 0 Å². The Balaban J connectivity index is 1.60. The quantitative estimate of drug-likeness (QED) is 0.582. The molecule has 1 aromatic heterocycles. The second kappa shape index (κ2) is 9.16. The van der Waals surface area contributed by atoms with Crippen LogP contribution >= 0.6 is 0 Å². The molecular formula is C25H31N3O2. The number of aromatic nitrogens is 2. The van der Waals surface area contributed by atoms with Gasteiger partial charge in [-0.1, -0.05) is 45.0 Å². The van der Waals surface area contributed by atoms with E-state index in [0.717, 1.165) is 23.6 Å². The Kier molecular flexibility index (Phi) is 6.60. The van der Waals surface area contributed by atoms with Gasteiger partial charge < -0.3 is 10.1 Å². The fraction of sp³-hybridized carbons (Fsp3) is 0.360. The first-order valence-electron chi connectivity index (χ1n) is 10.4. The largest absolute Gasteiger partial charge is 0.489 e. The molecule has 0 aliphatic carbocycles. The first-order chi connectivity index (χ1) is 14.3. The first-order valence-corrected chi connectivity index (χ1v) is 10.4. The van der Waals surface area contributed by atoms with Gasteiger partial charge in [0.15, 0.2) is 0 Å².